The Labute approximate surface area is 105 Å². The van der Waals surface area contributed by atoms with Crippen molar-refractivity contribution < 1.29 is 4.79 Å². The van der Waals surface area contributed by atoms with Gasteiger partial charge in [0.15, 0.2) is 5.82 Å². The fourth-order valence-electron chi connectivity index (χ4n) is 2.82. The molecule has 2 aliphatic heterocycles. The molecule has 0 N–H and O–H groups in total. The number of carbonyl (C=O) groups excluding carboxylic acids is 1. The van der Waals surface area contributed by atoms with Crippen molar-refractivity contribution in [2.45, 2.75) is 43.1 Å². The Hall–Kier alpha value is -0.900. The lowest BCUT2D eigenvalue weighted by Gasteiger charge is -2.25. The molecule has 0 aromatic carbocycles. The van der Waals surface area contributed by atoms with E-state index >= 15 is 0 Å². The van der Waals surface area contributed by atoms with Gasteiger partial charge in [0.25, 0.3) is 0 Å². The van der Waals surface area contributed by atoms with E-state index in [1.165, 1.54) is 12.8 Å². The lowest BCUT2D eigenvalue weighted by molar-refractivity contribution is 0.0895. The van der Waals surface area contributed by atoms with Crippen molar-refractivity contribution in [1.29, 1.82) is 0 Å². The standard InChI is InChI=1S/C13H16N2OS/c1-8-4-5-14-13(15-8)12(16)9-6-10-2-3-11(7-9)17-10/h4-5,9-11H,2-3,6-7H2,1H3. The van der Waals surface area contributed by atoms with Crippen LogP contribution in [0.15, 0.2) is 12.3 Å². The Morgan fingerprint density at radius 2 is 2.06 bits per heavy atom. The van der Waals surface area contributed by atoms with E-state index in [4.69, 9.17) is 0 Å². The van der Waals surface area contributed by atoms with Crippen LogP contribution in [0.2, 0.25) is 0 Å². The molecule has 0 amide bonds. The fourth-order valence-corrected chi connectivity index (χ4v) is 4.60. The van der Waals surface area contributed by atoms with Crippen molar-refractivity contribution in [3.63, 3.8) is 0 Å². The van der Waals surface area contributed by atoms with Crippen molar-refractivity contribution in [2.75, 3.05) is 0 Å². The van der Waals surface area contributed by atoms with Crippen molar-refractivity contribution >= 4 is 17.5 Å². The van der Waals surface area contributed by atoms with Gasteiger partial charge in [-0.15, -0.1) is 0 Å². The number of aryl methyl sites for hydroxylation is 1. The van der Waals surface area contributed by atoms with E-state index in [9.17, 15) is 4.79 Å². The number of hydrogen-bond acceptors (Lipinski definition) is 4. The third kappa shape index (κ3) is 2.23. The smallest absolute Gasteiger partial charge is 0.203 e. The maximum atomic E-state index is 12.3. The monoisotopic (exact) mass is 248 g/mol. The SMILES string of the molecule is Cc1ccnc(C(=O)C2CC3CCC(C2)S3)n1. The first-order valence-electron chi connectivity index (χ1n) is 6.21. The molecule has 0 spiro atoms. The molecule has 3 nitrogen and oxygen atoms in total. The zero-order valence-corrected chi connectivity index (χ0v) is 10.7. The normalized spacial score (nSPS) is 31.5. The summed E-state index contributed by atoms with van der Waals surface area (Å²) in [6.07, 6.45) is 6.30. The highest BCUT2D eigenvalue weighted by molar-refractivity contribution is 8.00. The van der Waals surface area contributed by atoms with Gasteiger partial charge in [-0.05, 0) is 38.7 Å². The third-order valence-electron chi connectivity index (χ3n) is 3.68. The summed E-state index contributed by atoms with van der Waals surface area (Å²) in [6.45, 7) is 1.90. The molecule has 4 heteroatoms. The minimum Gasteiger partial charge on any atom is -0.290 e. The fraction of sp³-hybridized carbons (Fsp3) is 0.615. The van der Waals surface area contributed by atoms with Crippen LogP contribution in [0.5, 0.6) is 0 Å². The minimum atomic E-state index is 0.158. The van der Waals surface area contributed by atoms with E-state index in [1.54, 1.807) is 6.20 Å². The summed E-state index contributed by atoms with van der Waals surface area (Å²) < 4.78 is 0. The van der Waals surface area contributed by atoms with E-state index in [0.29, 0.717) is 16.3 Å². The number of Topliss-reactive ketones (excluding diaryl/α,β-unsaturated/α-hetero) is 1. The number of nitrogens with zero attached hydrogens (tertiary/aromatic N) is 2. The zero-order valence-electron chi connectivity index (χ0n) is 9.93. The molecular formula is C13H16N2OS. The molecule has 3 heterocycles. The summed E-state index contributed by atoms with van der Waals surface area (Å²) in [7, 11) is 0. The molecule has 2 fully saturated rings. The first-order valence-corrected chi connectivity index (χ1v) is 7.16. The summed E-state index contributed by atoms with van der Waals surface area (Å²) in [5.74, 6) is 0.739. The van der Waals surface area contributed by atoms with E-state index in [2.05, 4.69) is 21.7 Å². The lowest BCUT2D eigenvalue weighted by atomic mass is 9.94. The van der Waals surface area contributed by atoms with Gasteiger partial charge in [0.2, 0.25) is 5.78 Å². The van der Waals surface area contributed by atoms with Gasteiger partial charge >= 0.3 is 0 Å². The Bertz CT molecular complexity index is 437. The van der Waals surface area contributed by atoms with Crippen LogP contribution in [0.4, 0.5) is 0 Å². The second-order valence-electron chi connectivity index (χ2n) is 5.01. The number of fused-ring (bicyclic) bond motifs is 2. The van der Waals surface area contributed by atoms with Crippen LogP contribution in [0.1, 0.15) is 42.0 Å². The first-order chi connectivity index (χ1) is 8.22. The van der Waals surface area contributed by atoms with Gasteiger partial charge in [0.1, 0.15) is 0 Å². The molecule has 2 unspecified atom stereocenters. The van der Waals surface area contributed by atoms with Crippen LogP contribution in [-0.4, -0.2) is 26.3 Å². The number of hydrogen-bond donors (Lipinski definition) is 0. The second kappa shape index (κ2) is 4.41. The lowest BCUT2D eigenvalue weighted by Crippen LogP contribution is -2.26. The number of ketones is 1. The van der Waals surface area contributed by atoms with Gasteiger partial charge in [-0.3, -0.25) is 4.79 Å². The van der Waals surface area contributed by atoms with E-state index in [0.717, 1.165) is 18.5 Å². The summed E-state index contributed by atoms with van der Waals surface area (Å²) in [6, 6.07) is 1.83. The molecular weight excluding hydrogens is 232 g/mol. The number of aromatic nitrogens is 2. The maximum absolute atomic E-state index is 12.3. The highest BCUT2D eigenvalue weighted by Crippen LogP contribution is 2.46. The molecule has 2 aliphatic rings. The number of rotatable bonds is 2. The molecule has 17 heavy (non-hydrogen) atoms. The van der Waals surface area contributed by atoms with Crippen LogP contribution in [0.3, 0.4) is 0 Å². The van der Waals surface area contributed by atoms with E-state index in [1.807, 2.05) is 13.0 Å². The van der Waals surface area contributed by atoms with Gasteiger partial charge in [-0.2, -0.15) is 11.8 Å². The van der Waals surface area contributed by atoms with Crippen LogP contribution in [0, 0.1) is 12.8 Å². The average Bonchev–Trinajstić information content (AvgIpc) is 2.67. The Morgan fingerprint density at radius 3 is 2.71 bits per heavy atom. The summed E-state index contributed by atoms with van der Waals surface area (Å²) in [4.78, 5) is 20.7. The molecule has 0 aliphatic carbocycles. The average molecular weight is 248 g/mol. The Morgan fingerprint density at radius 1 is 1.35 bits per heavy atom. The van der Waals surface area contributed by atoms with Crippen LogP contribution < -0.4 is 0 Å². The van der Waals surface area contributed by atoms with Gasteiger partial charge in [-0.1, -0.05) is 0 Å². The second-order valence-corrected chi connectivity index (χ2v) is 6.62. The zero-order chi connectivity index (χ0) is 11.8. The molecule has 2 saturated heterocycles. The third-order valence-corrected chi connectivity index (χ3v) is 5.30. The molecule has 2 bridgehead atoms. The van der Waals surface area contributed by atoms with Crippen LogP contribution in [0.25, 0.3) is 0 Å². The van der Waals surface area contributed by atoms with Gasteiger partial charge in [0, 0.05) is 28.3 Å². The van der Waals surface area contributed by atoms with E-state index < -0.39 is 0 Å². The topological polar surface area (TPSA) is 42.9 Å². The van der Waals surface area contributed by atoms with Gasteiger partial charge in [0.05, 0.1) is 0 Å². The van der Waals surface area contributed by atoms with Gasteiger partial charge in [-0.25, -0.2) is 9.97 Å². The predicted molar refractivity (Wildman–Crippen MR) is 68.2 cm³/mol. The largest absolute Gasteiger partial charge is 0.290 e. The summed E-state index contributed by atoms with van der Waals surface area (Å²) in [5, 5.41) is 1.40. The molecule has 2 atom stereocenters. The first kappa shape index (κ1) is 11.2. The highest BCUT2D eigenvalue weighted by atomic mass is 32.2. The number of carbonyl (C=O) groups is 1. The van der Waals surface area contributed by atoms with Crippen molar-refractivity contribution in [2.24, 2.45) is 5.92 Å². The Kier molecular flexibility index (Phi) is 2.90. The Balaban J connectivity index is 1.78. The molecule has 0 radical (unpaired) electrons. The molecule has 3 rings (SSSR count). The van der Waals surface area contributed by atoms with Crippen LogP contribution >= 0.6 is 11.8 Å². The van der Waals surface area contributed by atoms with E-state index in [-0.39, 0.29) is 11.7 Å². The molecule has 1 aromatic rings. The van der Waals surface area contributed by atoms with Gasteiger partial charge < -0.3 is 0 Å². The molecule has 1 aromatic heterocycles. The molecule has 90 valence electrons. The highest BCUT2D eigenvalue weighted by Gasteiger charge is 2.38. The van der Waals surface area contributed by atoms with Crippen molar-refractivity contribution in [3.05, 3.63) is 23.8 Å². The maximum Gasteiger partial charge on any atom is 0.203 e. The quantitative estimate of drug-likeness (QED) is 0.755. The summed E-state index contributed by atoms with van der Waals surface area (Å²) in [5.41, 5.74) is 0.872. The number of thioether (sulfide) groups is 1. The summed E-state index contributed by atoms with van der Waals surface area (Å²) >= 11 is 2.08. The molecule has 0 saturated carbocycles. The van der Waals surface area contributed by atoms with Crippen LogP contribution in [-0.2, 0) is 0 Å². The van der Waals surface area contributed by atoms with Crippen molar-refractivity contribution in [1.82, 2.24) is 9.97 Å². The predicted octanol–water partition coefficient (Wildman–Crippen LogP) is 2.64. The minimum absolute atomic E-state index is 0.158. The van der Waals surface area contributed by atoms with Crippen molar-refractivity contribution in [3.8, 4) is 0 Å².